The highest BCUT2D eigenvalue weighted by molar-refractivity contribution is 5.82. The molecule has 1 amide bonds. The van der Waals surface area contributed by atoms with E-state index in [0.717, 1.165) is 19.5 Å². The molecule has 1 heterocycles. The number of nitrogens with zero attached hydrogens (tertiary/aromatic N) is 1. The zero-order valence-electron chi connectivity index (χ0n) is 11.7. The Balaban J connectivity index is 1.57. The Morgan fingerprint density at radius 3 is 2.47 bits per heavy atom. The van der Waals surface area contributed by atoms with E-state index in [2.05, 4.69) is 5.32 Å². The maximum atomic E-state index is 12.6. The van der Waals surface area contributed by atoms with E-state index in [1.165, 1.54) is 32.1 Å². The Morgan fingerprint density at radius 2 is 1.89 bits per heavy atom. The smallest absolute Gasteiger partial charge is 0.226 e. The van der Waals surface area contributed by atoms with Crippen molar-refractivity contribution in [2.45, 2.75) is 44.6 Å². The summed E-state index contributed by atoms with van der Waals surface area (Å²) in [5.74, 6) is 1.94. The minimum Gasteiger partial charge on any atom is -0.395 e. The van der Waals surface area contributed by atoms with Gasteiger partial charge in [-0.3, -0.25) is 4.79 Å². The number of aliphatic hydroxyl groups is 1. The van der Waals surface area contributed by atoms with Gasteiger partial charge in [-0.25, -0.2) is 0 Å². The van der Waals surface area contributed by atoms with Crippen molar-refractivity contribution in [3.63, 3.8) is 0 Å². The normalized spacial score (nSPS) is 36.9. The van der Waals surface area contributed by atoms with Gasteiger partial charge in [-0.05, 0) is 44.1 Å². The molecule has 19 heavy (non-hydrogen) atoms. The molecule has 0 aromatic rings. The lowest BCUT2D eigenvalue weighted by molar-refractivity contribution is -0.134. The highest BCUT2D eigenvalue weighted by Gasteiger charge is 2.55. The number of aliphatic hydroxyl groups excluding tert-OH is 1. The zero-order chi connectivity index (χ0) is 13.2. The fourth-order valence-corrected chi connectivity index (χ4v) is 4.16. The quantitative estimate of drug-likeness (QED) is 0.780. The maximum Gasteiger partial charge on any atom is 0.226 e. The third-order valence-corrected chi connectivity index (χ3v) is 5.23. The van der Waals surface area contributed by atoms with Crippen LogP contribution in [0.5, 0.6) is 0 Å². The van der Waals surface area contributed by atoms with Gasteiger partial charge in [0.25, 0.3) is 0 Å². The Morgan fingerprint density at radius 1 is 1.16 bits per heavy atom. The Bertz CT molecular complexity index is 316. The molecule has 2 N–H and O–H groups in total. The van der Waals surface area contributed by atoms with Gasteiger partial charge in [-0.2, -0.15) is 0 Å². The molecular formula is C15H26N2O2. The van der Waals surface area contributed by atoms with Gasteiger partial charge in [-0.1, -0.05) is 12.8 Å². The second kappa shape index (κ2) is 5.80. The molecule has 3 rings (SSSR count). The van der Waals surface area contributed by atoms with Crippen LogP contribution in [0.15, 0.2) is 0 Å². The van der Waals surface area contributed by atoms with Crippen LogP contribution < -0.4 is 5.32 Å². The molecule has 2 aliphatic carbocycles. The summed E-state index contributed by atoms with van der Waals surface area (Å²) >= 11 is 0. The maximum absolute atomic E-state index is 12.6. The molecule has 4 nitrogen and oxygen atoms in total. The van der Waals surface area contributed by atoms with Crippen molar-refractivity contribution in [3.8, 4) is 0 Å². The summed E-state index contributed by atoms with van der Waals surface area (Å²) < 4.78 is 0. The van der Waals surface area contributed by atoms with Crippen LogP contribution in [0.1, 0.15) is 38.5 Å². The molecule has 3 atom stereocenters. The number of hydrogen-bond acceptors (Lipinski definition) is 3. The van der Waals surface area contributed by atoms with Gasteiger partial charge < -0.3 is 15.3 Å². The van der Waals surface area contributed by atoms with Crippen LogP contribution in [-0.4, -0.2) is 48.2 Å². The summed E-state index contributed by atoms with van der Waals surface area (Å²) in [5, 5.41) is 12.7. The number of nitrogens with one attached hydrogen (secondary N) is 1. The SMILES string of the molecule is O=C(C1C2CCCCC21)N(CCO)CC1CCCN1. The number of rotatable bonds is 5. The van der Waals surface area contributed by atoms with E-state index in [1.807, 2.05) is 4.90 Å². The van der Waals surface area contributed by atoms with Crippen molar-refractivity contribution in [1.82, 2.24) is 10.2 Å². The molecular weight excluding hydrogens is 240 g/mol. The summed E-state index contributed by atoms with van der Waals surface area (Å²) in [4.78, 5) is 14.6. The van der Waals surface area contributed by atoms with Crippen LogP contribution in [-0.2, 0) is 4.79 Å². The Kier molecular flexibility index (Phi) is 4.08. The topological polar surface area (TPSA) is 52.6 Å². The van der Waals surface area contributed by atoms with Crippen molar-refractivity contribution in [2.24, 2.45) is 17.8 Å². The zero-order valence-corrected chi connectivity index (χ0v) is 11.7. The van der Waals surface area contributed by atoms with E-state index in [-0.39, 0.29) is 12.5 Å². The van der Waals surface area contributed by atoms with Gasteiger partial charge in [0.1, 0.15) is 0 Å². The van der Waals surface area contributed by atoms with Crippen molar-refractivity contribution in [3.05, 3.63) is 0 Å². The van der Waals surface area contributed by atoms with Crippen molar-refractivity contribution >= 4 is 5.91 Å². The monoisotopic (exact) mass is 266 g/mol. The molecule has 2 saturated carbocycles. The van der Waals surface area contributed by atoms with Crippen LogP contribution in [0.3, 0.4) is 0 Å². The molecule has 108 valence electrons. The molecule has 3 aliphatic rings. The van der Waals surface area contributed by atoms with Crippen molar-refractivity contribution in [1.29, 1.82) is 0 Å². The lowest BCUT2D eigenvalue weighted by Gasteiger charge is -2.25. The first-order valence-electron chi connectivity index (χ1n) is 7.94. The largest absolute Gasteiger partial charge is 0.395 e. The predicted molar refractivity (Wildman–Crippen MR) is 73.6 cm³/mol. The van der Waals surface area contributed by atoms with E-state index in [9.17, 15) is 9.90 Å². The van der Waals surface area contributed by atoms with Crippen molar-refractivity contribution < 1.29 is 9.90 Å². The lowest BCUT2D eigenvalue weighted by Crippen LogP contribution is -2.43. The highest BCUT2D eigenvalue weighted by Crippen LogP contribution is 2.56. The summed E-state index contributed by atoms with van der Waals surface area (Å²) in [6.07, 6.45) is 7.46. The summed E-state index contributed by atoms with van der Waals surface area (Å²) in [7, 11) is 0. The average molecular weight is 266 g/mol. The van der Waals surface area contributed by atoms with Gasteiger partial charge in [-0.15, -0.1) is 0 Å². The van der Waals surface area contributed by atoms with Crippen LogP contribution in [0.4, 0.5) is 0 Å². The van der Waals surface area contributed by atoms with Crippen LogP contribution in [0.2, 0.25) is 0 Å². The third-order valence-electron chi connectivity index (χ3n) is 5.23. The summed E-state index contributed by atoms with van der Waals surface area (Å²) in [5.41, 5.74) is 0. The molecule has 0 bridgehead atoms. The second-order valence-corrected chi connectivity index (χ2v) is 6.44. The van der Waals surface area contributed by atoms with Gasteiger partial charge in [0.15, 0.2) is 0 Å². The van der Waals surface area contributed by atoms with Crippen LogP contribution in [0, 0.1) is 17.8 Å². The highest BCUT2D eigenvalue weighted by atomic mass is 16.3. The van der Waals surface area contributed by atoms with E-state index < -0.39 is 0 Å². The number of fused-ring (bicyclic) bond motifs is 1. The molecule has 0 aromatic heterocycles. The molecule has 0 aromatic carbocycles. The second-order valence-electron chi connectivity index (χ2n) is 6.44. The molecule has 4 heteroatoms. The number of carbonyl (C=O) groups excluding carboxylic acids is 1. The first kappa shape index (κ1) is 13.4. The average Bonchev–Trinajstić information content (AvgIpc) is 2.93. The number of hydrogen-bond donors (Lipinski definition) is 2. The summed E-state index contributed by atoms with van der Waals surface area (Å²) in [6, 6.07) is 0.441. The fraction of sp³-hybridized carbons (Fsp3) is 0.933. The molecule has 3 fully saturated rings. The molecule has 1 saturated heterocycles. The van der Waals surface area contributed by atoms with E-state index in [0.29, 0.717) is 30.3 Å². The van der Waals surface area contributed by atoms with Gasteiger partial charge in [0.2, 0.25) is 5.91 Å². The first-order valence-corrected chi connectivity index (χ1v) is 7.94. The van der Waals surface area contributed by atoms with E-state index in [4.69, 9.17) is 0 Å². The standard InChI is InChI=1S/C15H26N2O2/c18-9-8-17(10-11-4-3-7-16-11)15(19)14-12-5-1-2-6-13(12)14/h11-14,16,18H,1-10H2. The van der Waals surface area contributed by atoms with Gasteiger partial charge in [0.05, 0.1) is 6.61 Å². The van der Waals surface area contributed by atoms with Gasteiger partial charge in [0, 0.05) is 25.0 Å². The van der Waals surface area contributed by atoms with Crippen LogP contribution >= 0.6 is 0 Å². The Labute approximate surface area is 115 Å². The predicted octanol–water partition coefficient (Wildman–Crippen LogP) is 0.996. The van der Waals surface area contributed by atoms with Crippen molar-refractivity contribution in [2.75, 3.05) is 26.2 Å². The number of carbonyl (C=O) groups is 1. The molecule has 0 radical (unpaired) electrons. The molecule has 1 aliphatic heterocycles. The molecule has 0 spiro atoms. The Hall–Kier alpha value is -0.610. The number of amides is 1. The minimum absolute atomic E-state index is 0.0838. The fourth-order valence-electron chi connectivity index (χ4n) is 4.16. The molecule has 3 unspecified atom stereocenters. The summed E-state index contributed by atoms with van der Waals surface area (Å²) in [6.45, 7) is 2.45. The first-order chi connectivity index (χ1) is 9.31. The van der Waals surface area contributed by atoms with E-state index >= 15 is 0 Å². The van der Waals surface area contributed by atoms with Crippen LogP contribution in [0.25, 0.3) is 0 Å². The van der Waals surface area contributed by atoms with E-state index in [1.54, 1.807) is 0 Å². The lowest BCUT2D eigenvalue weighted by atomic mass is 10.0. The third kappa shape index (κ3) is 2.79. The minimum atomic E-state index is 0.0838. The van der Waals surface area contributed by atoms with Gasteiger partial charge >= 0.3 is 0 Å².